The molecule has 0 heterocycles. The van der Waals surface area contributed by atoms with E-state index in [0.29, 0.717) is 0 Å². The van der Waals surface area contributed by atoms with Crippen molar-refractivity contribution in [2.24, 2.45) is 0 Å². The average Bonchev–Trinajstić information content (AvgIpc) is 1.38. The van der Waals surface area contributed by atoms with Gasteiger partial charge in [0, 0.05) is 0 Å². The summed E-state index contributed by atoms with van der Waals surface area (Å²) in [5.74, 6) is 0. The molecule has 0 amide bonds. The van der Waals surface area contributed by atoms with Crippen LogP contribution in [0, 0.1) is 0 Å². The molecule has 6 heavy (non-hydrogen) atoms. The molecule has 0 saturated heterocycles. The van der Waals surface area contributed by atoms with E-state index >= 15 is 0 Å². The van der Waals surface area contributed by atoms with Gasteiger partial charge >= 0.3 is 68.3 Å². The fraction of sp³-hybridized carbons (Fsp3) is 0. The predicted octanol–water partition coefficient (Wildman–Crippen LogP) is -2.21. The first-order chi connectivity index (χ1) is 2.27. The third-order valence-electron chi connectivity index (χ3n) is 0.0943. The van der Waals surface area contributed by atoms with Crippen LogP contribution in [0.1, 0.15) is 0 Å². The summed E-state index contributed by atoms with van der Waals surface area (Å²) in [7, 11) is -1.64. The second kappa shape index (κ2) is 6.53. The summed E-state index contributed by atoms with van der Waals surface area (Å²) in [6.07, 6.45) is 0. The molecule has 0 aliphatic carbocycles. The fourth-order valence-corrected chi connectivity index (χ4v) is 0. The van der Waals surface area contributed by atoms with Gasteiger partial charge in [-0.2, -0.15) is 0 Å². The number of hydrogen-bond acceptors (Lipinski definition) is 3. The van der Waals surface area contributed by atoms with Crippen LogP contribution in [0.3, 0.4) is 0 Å². The maximum absolute atomic E-state index is 7.68. The summed E-state index contributed by atoms with van der Waals surface area (Å²) in [6, 6.07) is 0. The van der Waals surface area contributed by atoms with Crippen LogP contribution in [-0.2, 0) is 21.4 Å². The first kappa shape index (κ1) is 10.5. The van der Waals surface area contributed by atoms with E-state index in [4.69, 9.17) is 10.0 Å². The predicted molar refractivity (Wildman–Crippen MR) is 18.4 cm³/mol. The summed E-state index contributed by atoms with van der Waals surface area (Å²) in [4.78, 5) is 0. The normalized spacial score (nSPS) is 6.33. The molecule has 0 aromatic heterocycles. The zero-order valence-electron chi connectivity index (χ0n) is 2.33. The van der Waals surface area contributed by atoms with E-state index in [1.54, 1.807) is 17.8 Å². The van der Waals surface area contributed by atoms with E-state index in [9.17, 15) is 0 Å². The van der Waals surface area contributed by atoms with Crippen LogP contribution >= 0.6 is 0 Å². The van der Waals surface area contributed by atoms with Crippen molar-refractivity contribution >= 4 is 36.9 Å². The van der Waals surface area contributed by atoms with Gasteiger partial charge in [-0.15, -0.1) is 0 Å². The van der Waals surface area contributed by atoms with Crippen molar-refractivity contribution in [3.8, 4) is 0 Å². The van der Waals surface area contributed by atoms with Gasteiger partial charge in [0.25, 0.3) is 0 Å². The van der Waals surface area contributed by atoms with E-state index in [1.807, 2.05) is 0 Å². The molecular formula is H3BNaO3V. The van der Waals surface area contributed by atoms with Crippen LogP contribution in [0.25, 0.3) is 0 Å². The van der Waals surface area contributed by atoms with Crippen molar-refractivity contribution in [2.45, 2.75) is 0 Å². The minimum absolute atomic E-state index is 0. The van der Waals surface area contributed by atoms with Gasteiger partial charge in [-0.05, 0) is 0 Å². The van der Waals surface area contributed by atoms with Gasteiger partial charge in [0.05, 0.1) is 0 Å². The molecule has 0 unspecified atom stereocenters. The van der Waals surface area contributed by atoms with Gasteiger partial charge in [0.2, 0.25) is 0 Å². The zero-order valence-corrected chi connectivity index (χ0v) is 3.72. The Balaban J connectivity index is 0. The fourth-order valence-electron chi connectivity index (χ4n) is 0. The number of hydrogen-bond donors (Lipinski definition) is 2. The summed E-state index contributed by atoms with van der Waals surface area (Å²) < 4.78 is 3.80. The topological polar surface area (TPSA) is 49.7 Å². The van der Waals surface area contributed by atoms with Gasteiger partial charge < -0.3 is 0 Å². The van der Waals surface area contributed by atoms with Gasteiger partial charge in [-0.3, -0.25) is 0 Å². The summed E-state index contributed by atoms with van der Waals surface area (Å²) >= 11 is 1.57. The Morgan fingerprint density at radius 3 is 1.67 bits per heavy atom. The van der Waals surface area contributed by atoms with Gasteiger partial charge in [0.15, 0.2) is 0 Å². The molecule has 0 aromatic carbocycles. The van der Waals surface area contributed by atoms with E-state index < -0.39 is 7.32 Å². The van der Waals surface area contributed by atoms with Crippen molar-refractivity contribution in [1.82, 2.24) is 0 Å². The summed E-state index contributed by atoms with van der Waals surface area (Å²) in [5, 5.41) is 15.4. The van der Waals surface area contributed by atoms with Crippen LogP contribution in [0.15, 0.2) is 0 Å². The van der Waals surface area contributed by atoms with Crippen molar-refractivity contribution in [1.29, 1.82) is 0 Å². The Morgan fingerprint density at radius 2 is 1.67 bits per heavy atom. The molecule has 6 heteroatoms. The second-order valence-electron chi connectivity index (χ2n) is 0.432. The molecule has 30 valence electrons. The molecule has 0 fully saturated rings. The van der Waals surface area contributed by atoms with Crippen LogP contribution in [0.2, 0.25) is 0 Å². The van der Waals surface area contributed by atoms with Crippen molar-refractivity contribution < 1.29 is 31.4 Å². The molecule has 0 radical (unpaired) electrons. The molecule has 0 atom stereocenters. The van der Waals surface area contributed by atoms with Crippen LogP contribution in [0.5, 0.6) is 0 Å². The van der Waals surface area contributed by atoms with Gasteiger partial charge in [0.1, 0.15) is 0 Å². The van der Waals surface area contributed by atoms with Crippen molar-refractivity contribution in [3.63, 3.8) is 0 Å². The molecule has 0 bridgehead atoms. The number of rotatable bonds is 1. The van der Waals surface area contributed by atoms with Gasteiger partial charge in [-0.25, -0.2) is 0 Å². The third kappa shape index (κ3) is 9.11. The third-order valence-corrected chi connectivity index (χ3v) is 0.389. The Morgan fingerprint density at radius 1 is 1.50 bits per heavy atom. The summed E-state index contributed by atoms with van der Waals surface area (Å²) in [6.45, 7) is 0. The quantitative estimate of drug-likeness (QED) is 0.401. The Labute approximate surface area is 67.9 Å². The average molecular weight is 136 g/mol. The first-order valence-electron chi connectivity index (χ1n) is 0.935. The molecule has 0 rings (SSSR count). The van der Waals surface area contributed by atoms with Crippen molar-refractivity contribution in [2.75, 3.05) is 0 Å². The second-order valence-corrected chi connectivity index (χ2v) is 0.761. The van der Waals surface area contributed by atoms with Crippen molar-refractivity contribution in [3.05, 3.63) is 0 Å². The Bertz CT molecular complexity index is 24.8. The monoisotopic (exact) mass is 136 g/mol. The minimum atomic E-state index is -1.64. The Kier molecular flexibility index (Phi) is 11.4. The van der Waals surface area contributed by atoms with Gasteiger partial charge in [-0.1, -0.05) is 0 Å². The van der Waals surface area contributed by atoms with E-state index in [0.717, 1.165) is 0 Å². The van der Waals surface area contributed by atoms with Crippen LogP contribution in [-0.4, -0.2) is 46.9 Å². The molecule has 0 spiro atoms. The first-order valence-corrected chi connectivity index (χ1v) is 1.50. The van der Waals surface area contributed by atoms with Crippen LogP contribution < -0.4 is 0 Å². The standard InChI is InChI=1S/BH2O3.Na.V.H/c2-1(3)4;;;/h2-3H;;;/q-1;;+1;. The maximum atomic E-state index is 7.68. The molecule has 0 aliphatic heterocycles. The van der Waals surface area contributed by atoms with E-state index in [2.05, 4.69) is 3.58 Å². The molecule has 0 saturated carbocycles. The molecule has 0 aromatic rings. The SMILES string of the molecule is OB(O)[O][V].[NaH]. The zero-order chi connectivity index (χ0) is 4.28. The molecule has 3 nitrogen and oxygen atoms in total. The molecular weight excluding hydrogens is 133 g/mol. The van der Waals surface area contributed by atoms with E-state index in [-0.39, 0.29) is 29.6 Å². The molecule has 0 aliphatic rings. The molecule has 2 N–H and O–H groups in total. The van der Waals surface area contributed by atoms with Crippen LogP contribution in [0.4, 0.5) is 0 Å². The van der Waals surface area contributed by atoms with E-state index in [1.165, 1.54) is 0 Å². The Hall–Kier alpha value is 1.53. The summed E-state index contributed by atoms with van der Waals surface area (Å²) in [5.41, 5.74) is 0.